The minimum atomic E-state index is -0.398. The third-order valence-corrected chi connectivity index (χ3v) is 9.20. The monoisotopic (exact) mass is 732 g/mol. The summed E-state index contributed by atoms with van der Waals surface area (Å²) in [4.78, 5) is 12.0. The number of esters is 1. The van der Waals surface area contributed by atoms with Crippen LogP contribution in [0.3, 0.4) is 0 Å². The molecule has 0 aliphatic rings. The van der Waals surface area contributed by atoms with Gasteiger partial charge < -0.3 is 23.4 Å². The second-order valence-electron chi connectivity index (χ2n) is 14.4. The second-order valence-corrected chi connectivity index (χ2v) is 14.4. The molecule has 0 saturated carbocycles. The Morgan fingerprint density at radius 3 is 1.98 bits per heavy atom. The Labute approximate surface area is 319 Å². The molecule has 0 N–H and O–H groups in total. The Hall–Kier alpha value is -3.84. The topological polar surface area (TPSA) is 67.1 Å². The van der Waals surface area contributed by atoms with Gasteiger partial charge in [-0.05, 0) is 118 Å². The Morgan fingerprint density at radius 1 is 0.717 bits per heavy atom. The van der Waals surface area contributed by atoms with Crippen molar-refractivity contribution in [2.75, 3.05) is 33.0 Å². The van der Waals surface area contributed by atoms with Crippen LogP contribution in [-0.4, -0.2) is 39.0 Å². The standard InChI is InChI=1S/C46H65FO6/c1-6-7-8-9-10-11-13-16-27-51-42-23-24-43(44(47)33-42)41-31-39(21-18-26-49-34-36(2)3)45(40(32-41)22-19-29-53-46(48)37(4)5)52-28-17-14-12-15-20-38-25-30-50-35-38/h23-25,30-33,35H,2,4,6-22,26-29,34H2,1,3,5H3. The maximum Gasteiger partial charge on any atom is 0.333 e. The van der Waals surface area contributed by atoms with E-state index in [2.05, 4.69) is 26.1 Å². The summed E-state index contributed by atoms with van der Waals surface area (Å²) >= 11 is 0. The molecular weight excluding hydrogens is 667 g/mol. The highest BCUT2D eigenvalue weighted by Gasteiger charge is 2.17. The molecule has 0 aliphatic carbocycles. The molecule has 0 bridgehead atoms. The summed E-state index contributed by atoms with van der Waals surface area (Å²) in [5.41, 5.74) is 5.88. The Kier molecular flexibility index (Phi) is 21.4. The van der Waals surface area contributed by atoms with Crippen molar-refractivity contribution in [2.45, 2.75) is 130 Å². The van der Waals surface area contributed by atoms with Gasteiger partial charge in [0.1, 0.15) is 17.3 Å². The van der Waals surface area contributed by atoms with E-state index in [4.69, 9.17) is 23.4 Å². The summed E-state index contributed by atoms with van der Waals surface area (Å²) in [5.74, 6) is 0.669. The van der Waals surface area contributed by atoms with Crippen molar-refractivity contribution in [3.63, 3.8) is 0 Å². The van der Waals surface area contributed by atoms with Gasteiger partial charge in [0, 0.05) is 23.8 Å². The zero-order valence-corrected chi connectivity index (χ0v) is 32.9. The van der Waals surface area contributed by atoms with E-state index in [1.807, 2.05) is 37.5 Å². The van der Waals surface area contributed by atoms with Gasteiger partial charge >= 0.3 is 5.97 Å². The molecule has 292 valence electrons. The van der Waals surface area contributed by atoms with Gasteiger partial charge in [0.25, 0.3) is 0 Å². The first-order chi connectivity index (χ1) is 25.8. The van der Waals surface area contributed by atoms with Crippen molar-refractivity contribution in [2.24, 2.45) is 0 Å². The lowest BCUT2D eigenvalue weighted by Crippen LogP contribution is -2.09. The van der Waals surface area contributed by atoms with Crippen LogP contribution >= 0.6 is 0 Å². The number of carbonyl (C=O) groups excluding carboxylic acids is 1. The third-order valence-electron chi connectivity index (χ3n) is 9.20. The van der Waals surface area contributed by atoms with Crippen LogP contribution in [-0.2, 0) is 33.5 Å². The average molecular weight is 733 g/mol. The van der Waals surface area contributed by atoms with Crippen LogP contribution < -0.4 is 9.47 Å². The predicted molar refractivity (Wildman–Crippen MR) is 214 cm³/mol. The number of ether oxygens (including phenoxy) is 4. The third kappa shape index (κ3) is 17.7. The molecule has 0 saturated heterocycles. The Bertz CT molecular complexity index is 1490. The van der Waals surface area contributed by atoms with E-state index in [1.165, 1.54) is 50.2 Å². The van der Waals surface area contributed by atoms with Crippen LogP contribution in [0.5, 0.6) is 11.5 Å². The summed E-state index contributed by atoms with van der Waals surface area (Å²) in [6.07, 6.45) is 21.2. The van der Waals surface area contributed by atoms with E-state index < -0.39 is 5.97 Å². The highest BCUT2D eigenvalue weighted by atomic mass is 19.1. The normalized spacial score (nSPS) is 11.1. The first kappa shape index (κ1) is 43.6. The molecule has 0 atom stereocenters. The molecule has 2 aromatic carbocycles. The van der Waals surface area contributed by atoms with Crippen LogP contribution in [0.4, 0.5) is 4.39 Å². The molecule has 1 aromatic heterocycles. The van der Waals surface area contributed by atoms with E-state index in [0.29, 0.717) is 62.6 Å². The zero-order chi connectivity index (χ0) is 38.1. The Balaban J connectivity index is 1.73. The number of furan rings is 1. The molecule has 53 heavy (non-hydrogen) atoms. The van der Waals surface area contributed by atoms with Gasteiger partial charge in [0.05, 0.1) is 39.0 Å². The largest absolute Gasteiger partial charge is 0.493 e. The maximum atomic E-state index is 15.8. The lowest BCUT2D eigenvalue weighted by molar-refractivity contribution is -0.139. The summed E-state index contributed by atoms with van der Waals surface area (Å²) in [6.45, 7) is 16.0. The summed E-state index contributed by atoms with van der Waals surface area (Å²) in [6, 6.07) is 11.3. The number of benzene rings is 2. The molecule has 0 spiro atoms. The van der Waals surface area contributed by atoms with Crippen LogP contribution in [0, 0.1) is 5.82 Å². The number of halogens is 1. The van der Waals surface area contributed by atoms with E-state index in [1.54, 1.807) is 13.2 Å². The SMILES string of the molecule is C=C(C)COCCCc1cc(-c2ccc(OCCCCCCCCCC)cc2F)cc(CCCOC(=O)C(=C)C)c1OCCCCCCc1ccoc1. The number of carbonyl (C=O) groups is 1. The molecule has 1 heterocycles. The van der Waals surface area contributed by atoms with Crippen molar-refractivity contribution in [3.05, 3.63) is 95.7 Å². The van der Waals surface area contributed by atoms with Gasteiger partial charge in [-0.2, -0.15) is 0 Å². The predicted octanol–water partition coefficient (Wildman–Crippen LogP) is 12.4. The molecule has 6 nitrogen and oxygen atoms in total. The zero-order valence-electron chi connectivity index (χ0n) is 32.9. The van der Waals surface area contributed by atoms with Gasteiger partial charge in [0.15, 0.2) is 0 Å². The van der Waals surface area contributed by atoms with Crippen molar-refractivity contribution in [1.29, 1.82) is 0 Å². The fourth-order valence-electron chi connectivity index (χ4n) is 6.27. The van der Waals surface area contributed by atoms with Crippen LogP contribution in [0.2, 0.25) is 0 Å². The van der Waals surface area contributed by atoms with Gasteiger partial charge in [0.2, 0.25) is 0 Å². The van der Waals surface area contributed by atoms with E-state index in [9.17, 15) is 4.79 Å². The Morgan fingerprint density at radius 2 is 1.36 bits per heavy atom. The number of rotatable bonds is 30. The van der Waals surface area contributed by atoms with Crippen molar-refractivity contribution < 1.29 is 32.5 Å². The fourth-order valence-corrected chi connectivity index (χ4v) is 6.27. The van der Waals surface area contributed by atoms with Gasteiger partial charge in [-0.3, -0.25) is 0 Å². The van der Waals surface area contributed by atoms with E-state index in [-0.39, 0.29) is 12.4 Å². The summed E-state index contributed by atoms with van der Waals surface area (Å²) < 4.78 is 44.7. The fraction of sp³-hybridized carbons (Fsp3) is 0.543. The quantitative estimate of drug-likeness (QED) is 0.0294. The maximum absolute atomic E-state index is 15.8. The van der Waals surface area contributed by atoms with Crippen molar-refractivity contribution in [3.8, 4) is 22.6 Å². The molecule has 0 aliphatic heterocycles. The summed E-state index contributed by atoms with van der Waals surface area (Å²) in [7, 11) is 0. The molecule has 3 aromatic rings. The number of unbranched alkanes of at least 4 members (excludes halogenated alkanes) is 10. The van der Waals surface area contributed by atoms with Crippen molar-refractivity contribution in [1.82, 2.24) is 0 Å². The second kappa shape index (κ2) is 26.0. The molecule has 0 unspecified atom stereocenters. The van der Waals surface area contributed by atoms with Crippen LogP contribution in [0.25, 0.3) is 11.1 Å². The molecule has 7 heteroatoms. The molecule has 0 radical (unpaired) electrons. The number of aryl methyl sites for hydroxylation is 3. The average Bonchev–Trinajstić information content (AvgIpc) is 3.66. The van der Waals surface area contributed by atoms with Gasteiger partial charge in [-0.15, -0.1) is 0 Å². The van der Waals surface area contributed by atoms with E-state index in [0.717, 1.165) is 79.4 Å². The number of hydrogen-bond donors (Lipinski definition) is 0. The van der Waals surface area contributed by atoms with Gasteiger partial charge in [-0.25, -0.2) is 9.18 Å². The summed E-state index contributed by atoms with van der Waals surface area (Å²) in [5, 5.41) is 0. The molecule has 3 rings (SSSR count). The van der Waals surface area contributed by atoms with Gasteiger partial charge in [-0.1, -0.05) is 83.4 Å². The smallest absolute Gasteiger partial charge is 0.333 e. The lowest BCUT2D eigenvalue weighted by Gasteiger charge is -2.19. The first-order valence-corrected chi connectivity index (χ1v) is 20.1. The highest BCUT2D eigenvalue weighted by molar-refractivity contribution is 5.86. The minimum Gasteiger partial charge on any atom is -0.493 e. The number of hydrogen-bond acceptors (Lipinski definition) is 6. The first-order valence-electron chi connectivity index (χ1n) is 20.1. The molecule has 0 amide bonds. The minimum absolute atomic E-state index is 0.259. The van der Waals surface area contributed by atoms with E-state index >= 15 is 4.39 Å². The molecular formula is C46H65FO6. The van der Waals surface area contributed by atoms with Crippen molar-refractivity contribution >= 4 is 5.97 Å². The van der Waals surface area contributed by atoms with Crippen LogP contribution in [0.1, 0.15) is 127 Å². The lowest BCUT2D eigenvalue weighted by atomic mass is 9.94. The molecule has 0 fully saturated rings. The van der Waals surface area contributed by atoms with Crippen LogP contribution in [0.15, 0.2) is 77.6 Å². The highest BCUT2D eigenvalue weighted by Crippen LogP contribution is 2.35.